The van der Waals surface area contributed by atoms with Crippen LogP contribution in [0.2, 0.25) is 0 Å². The smallest absolute Gasteiger partial charge is 0.0399 e. The van der Waals surface area contributed by atoms with Gasteiger partial charge >= 0.3 is 0 Å². The molecule has 0 radical (unpaired) electrons. The van der Waals surface area contributed by atoms with Gasteiger partial charge in [0.25, 0.3) is 0 Å². The third kappa shape index (κ3) is 7.47. The molecule has 2 aromatic carbocycles. The first-order valence-corrected chi connectivity index (χ1v) is 11.8. The fourth-order valence-electron chi connectivity index (χ4n) is 2.73. The predicted octanol–water partition coefficient (Wildman–Crippen LogP) is 6.41. The lowest BCUT2D eigenvalue weighted by molar-refractivity contribution is 0.873. The summed E-state index contributed by atoms with van der Waals surface area (Å²) in [5, 5.41) is 0. The molecule has 2 rings (SSSR count). The molecule has 0 amide bonds. The maximum absolute atomic E-state index is 5.89. The van der Waals surface area contributed by atoms with E-state index in [0.29, 0.717) is 23.5 Å². The van der Waals surface area contributed by atoms with Crippen molar-refractivity contribution in [2.24, 2.45) is 0 Å². The lowest BCUT2D eigenvalue weighted by atomic mass is 10.3. The highest BCUT2D eigenvalue weighted by Crippen LogP contribution is 2.30. The molecular weight excluding hydrogens is 442 g/mol. The van der Waals surface area contributed by atoms with Crippen molar-refractivity contribution in [3.05, 3.63) is 48.5 Å². The first-order valence-electron chi connectivity index (χ1n) is 8.83. The molecule has 0 aromatic heterocycles. The Kier molecular flexibility index (Phi) is 10.9. The summed E-state index contributed by atoms with van der Waals surface area (Å²) in [6.45, 7) is 3.18. The topological polar surface area (TPSA) is 6.48 Å². The van der Waals surface area contributed by atoms with Gasteiger partial charge in [-0.15, -0.1) is 46.4 Å². The molecule has 2 nitrogen and oxygen atoms in total. The van der Waals surface area contributed by atoms with Gasteiger partial charge in [0.1, 0.15) is 0 Å². The summed E-state index contributed by atoms with van der Waals surface area (Å²) in [5.41, 5.74) is 2.29. The quantitative estimate of drug-likeness (QED) is 0.334. The third-order valence-electron chi connectivity index (χ3n) is 4.06. The fourth-order valence-corrected chi connectivity index (χ4v) is 4.37. The molecule has 0 aliphatic rings. The van der Waals surface area contributed by atoms with Gasteiger partial charge in [0.2, 0.25) is 0 Å². The Bertz CT molecular complexity index is 583. The minimum absolute atomic E-state index is 0.587. The van der Waals surface area contributed by atoms with Crippen LogP contribution in [0, 0.1) is 0 Å². The molecule has 0 saturated carbocycles. The molecule has 0 bridgehead atoms. The average Bonchev–Trinajstić information content (AvgIpc) is 2.69. The van der Waals surface area contributed by atoms with E-state index in [9.17, 15) is 0 Å². The molecule has 0 unspecified atom stereocenters. The van der Waals surface area contributed by atoms with E-state index in [4.69, 9.17) is 46.4 Å². The number of hydrogen-bond acceptors (Lipinski definition) is 3. The number of nitrogens with zero attached hydrogens (tertiary/aromatic N) is 2. The second-order valence-electron chi connectivity index (χ2n) is 5.82. The normalized spacial score (nSPS) is 10.8. The van der Waals surface area contributed by atoms with Crippen molar-refractivity contribution in [2.45, 2.75) is 9.79 Å². The number of benzene rings is 2. The first kappa shape index (κ1) is 22.8. The molecule has 2 aromatic rings. The summed E-state index contributed by atoms with van der Waals surface area (Å²) in [6.07, 6.45) is 0. The third-order valence-corrected chi connectivity index (χ3v) is 5.75. The van der Waals surface area contributed by atoms with Crippen LogP contribution in [0.15, 0.2) is 58.3 Å². The van der Waals surface area contributed by atoms with Crippen molar-refractivity contribution < 1.29 is 0 Å². The lowest BCUT2D eigenvalue weighted by Crippen LogP contribution is -2.27. The van der Waals surface area contributed by atoms with E-state index in [1.807, 2.05) is 0 Å². The number of rotatable bonds is 12. The van der Waals surface area contributed by atoms with Gasteiger partial charge in [-0.05, 0) is 48.5 Å². The summed E-state index contributed by atoms with van der Waals surface area (Å²) in [6, 6.07) is 17.0. The van der Waals surface area contributed by atoms with Crippen molar-refractivity contribution in [2.75, 3.05) is 59.5 Å². The van der Waals surface area contributed by atoms with E-state index in [-0.39, 0.29) is 0 Å². The van der Waals surface area contributed by atoms with Gasteiger partial charge in [-0.1, -0.05) is 11.8 Å². The highest BCUT2D eigenvalue weighted by atomic mass is 35.5. The second-order valence-corrected chi connectivity index (χ2v) is 8.48. The van der Waals surface area contributed by atoms with Crippen molar-refractivity contribution in [3.63, 3.8) is 0 Å². The molecule has 148 valence electrons. The van der Waals surface area contributed by atoms with Crippen LogP contribution < -0.4 is 9.80 Å². The van der Waals surface area contributed by atoms with Crippen molar-refractivity contribution in [1.29, 1.82) is 0 Å². The highest BCUT2D eigenvalue weighted by Gasteiger charge is 2.07. The SMILES string of the molecule is ClCCN(CCCl)c1ccc(Sc2ccc(N(CCCl)CCCl)cc2)cc1. The Morgan fingerprint density at radius 1 is 0.519 bits per heavy atom. The lowest BCUT2D eigenvalue weighted by Gasteiger charge is -2.23. The first-order chi connectivity index (χ1) is 13.2. The van der Waals surface area contributed by atoms with Crippen LogP contribution in [-0.2, 0) is 0 Å². The van der Waals surface area contributed by atoms with Crippen LogP contribution in [0.3, 0.4) is 0 Å². The van der Waals surface area contributed by atoms with Gasteiger partial charge in [0.05, 0.1) is 0 Å². The van der Waals surface area contributed by atoms with E-state index >= 15 is 0 Å². The molecule has 27 heavy (non-hydrogen) atoms. The van der Waals surface area contributed by atoms with Gasteiger partial charge in [0.15, 0.2) is 0 Å². The van der Waals surface area contributed by atoms with Crippen molar-refractivity contribution >= 4 is 69.5 Å². The number of hydrogen-bond donors (Lipinski definition) is 0. The van der Waals surface area contributed by atoms with Crippen molar-refractivity contribution in [1.82, 2.24) is 0 Å². The van der Waals surface area contributed by atoms with E-state index < -0.39 is 0 Å². The summed E-state index contributed by atoms with van der Waals surface area (Å²) >= 11 is 25.3. The molecule has 0 heterocycles. The molecule has 0 aliphatic carbocycles. The van der Waals surface area contributed by atoms with E-state index in [1.165, 1.54) is 9.79 Å². The summed E-state index contributed by atoms with van der Waals surface area (Å²) in [5.74, 6) is 2.35. The van der Waals surface area contributed by atoms with E-state index in [1.54, 1.807) is 11.8 Å². The zero-order valence-corrected chi connectivity index (χ0v) is 18.9. The largest absolute Gasteiger partial charge is 0.369 e. The number of halogens is 4. The average molecular weight is 466 g/mol. The summed E-state index contributed by atoms with van der Waals surface area (Å²) in [7, 11) is 0. The van der Waals surface area contributed by atoms with Crippen LogP contribution in [0.4, 0.5) is 11.4 Å². The number of anilines is 2. The van der Waals surface area contributed by atoms with Gasteiger partial charge in [0, 0.05) is 70.9 Å². The van der Waals surface area contributed by atoms with Crippen molar-refractivity contribution in [3.8, 4) is 0 Å². The molecule has 0 fully saturated rings. The van der Waals surface area contributed by atoms with E-state index in [0.717, 1.165) is 37.6 Å². The summed E-state index contributed by atoms with van der Waals surface area (Å²) < 4.78 is 0. The van der Waals surface area contributed by atoms with Crippen LogP contribution >= 0.6 is 58.2 Å². The Morgan fingerprint density at radius 2 is 0.815 bits per heavy atom. The zero-order valence-electron chi connectivity index (χ0n) is 15.1. The van der Waals surface area contributed by atoms with E-state index in [2.05, 4.69) is 58.3 Å². The van der Waals surface area contributed by atoms with Crippen LogP contribution in [0.1, 0.15) is 0 Å². The van der Waals surface area contributed by atoms with Gasteiger partial charge in [-0.2, -0.15) is 0 Å². The Balaban J connectivity index is 2.02. The van der Waals surface area contributed by atoms with Crippen LogP contribution in [0.5, 0.6) is 0 Å². The maximum atomic E-state index is 5.89. The molecule has 0 spiro atoms. The number of alkyl halides is 4. The molecule has 0 saturated heterocycles. The predicted molar refractivity (Wildman–Crippen MR) is 124 cm³/mol. The maximum Gasteiger partial charge on any atom is 0.0399 e. The van der Waals surface area contributed by atoms with Gasteiger partial charge in [-0.25, -0.2) is 0 Å². The molecule has 0 atom stereocenters. The highest BCUT2D eigenvalue weighted by molar-refractivity contribution is 7.99. The van der Waals surface area contributed by atoms with Gasteiger partial charge in [-0.3, -0.25) is 0 Å². The zero-order chi connectivity index (χ0) is 19.5. The second kappa shape index (κ2) is 12.9. The molecule has 0 aliphatic heterocycles. The standard InChI is InChI=1S/C20H24Cl4N2S/c21-9-13-25(14-10-22)17-1-5-19(6-2-17)27-20-7-3-18(4-8-20)26(15-11-23)16-12-24/h1-8H,9-16H2. The molecule has 0 N–H and O–H groups in total. The monoisotopic (exact) mass is 464 g/mol. The Labute approximate surface area is 186 Å². The fraction of sp³-hybridized carbons (Fsp3) is 0.400. The minimum Gasteiger partial charge on any atom is -0.369 e. The van der Waals surface area contributed by atoms with Gasteiger partial charge < -0.3 is 9.80 Å². The minimum atomic E-state index is 0.587. The van der Waals surface area contributed by atoms with Crippen LogP contribution in [0.25, 0.3) is 0 Å². The Hall–Kier alpha value is -0.450. The molecular formula is C20H24Cl4N2S. The van der Waals surface area contributed by atoms with Crippen LogP contribution in [-0.4, -0.2) is 49.7 Å². The molecule has 7 heteroatoms. The summed E-state index contributed by atoms with van der Waals surface area (Å²) in [4.78, 5) is 6.79. The Morgan fingerprint density at radius 3 is 1.07 bits per heavy atom.